The number of benzene rings is 1. The molecule has 1 aromatic carbocycles. The summed E-state index contributed by atoms with van der Waals surface area (Å²) in [5.74, 6) is -0.403. The first-order chi connectivity index (χ1) is 10.5. The number of rotatable bonds is 4. The maximum absolute atomic E-state index is 13.0. The summed E-state index contributed by atoms with van der Waals surface area (Å²) in [5.41, 5.74) is 1.88. The minimum absolute atomic E-state index is 0.403. The molecule has 1 aromatic heterocycles. The van der Waals surface area contributed by atoms with Crippen LogP contribution in [0.3, 0.4) is 0 Å². The van der Waals surface area contributed by atoms with Crippen LogP contribution in [-0.4, -0.2) is 43.2 Å². The molecule has 0 aliphatic heterocycles. The molecular formula is C15H22N2O3P2S. The number of para-hydroxylation sites is 1. The van der Waals surface area contributed by atoms with Gasteiger partial charge in [0.1, 0.15) is 0 Å². The predicted octanol–water partition coefficient (Wildman–Crippen LogP) is 2.71. The Hall–Kier alpha value is -0.960. The SMILES string of the molecule is CN(C(=O)C(C)(c1cn(C)c2ccccc12)P(C)P)S(C)(=O)=O. The van der Waals surface area contributed by atoms with Gasteiger partial charge in [0, 0.05) is 31.2 Å². The van der Waals surface area contributed by atoms with Crippen LogP contribution in [0, 0.1) is 0 Å². The van der Waals surface area contributed by atoms with E-state index in [9.17, 15) is 13.2 Å². The van der Waals surface area contributed by atoms with Crippen molar-refractivity contribution in [3.05, 3.63) is 36.0 Å². The quantitative estimate of drug-likeness (QED) is 0.776. The summed E-state index contributed by atoms with van der Waals surface area (Å²) in [7, 11) is 1.51. The Morgan fingerprint density at radius 1 is 1.35 bits per heavy atom. The monoisotopic (exact) mass is 372 g/mol. The topological polar surface area (TPSA) is 59.4 Å². The number of likely N-dealkylation sites (N-methyl/N-ethyl adjacent to an activating group) is 1. The molecule has 0 saturated carbocycles. The lowest BCUT2D eigenvalue weighted by Gasteiger charge is -2.35. The summed E-state index contributed by atoms with van der Waals surface area (Å²) in [6.45, 7) is 3.80. The van der Waals surface area contributed by atoms with Crippen molar-refractivity contribution in [1.29, 1.82) is 0 Å². The fourth-order valence-electron chi connectivity index (χ4n) is 2.64. The second-order valence-corrected chi connectivity index (χ2v) is 12.3. The van der Waals surface area contributed by atoms with Gasteiger partial charge in [0.15, 0.2) is 0 Å². The van der Waals surface area contributed by atoms with Crippen LogP contribution >= 0.6 is 16.5 Å². The Kier molecular flexibility index (Phi) is 4.92. The summed E-state index contributed by atoms with van der Waals surface area (Å²) in [6.07, 6.45) is 2.98. The molecule has 0 aliphatic carbocycles. The van der Waals surface area contributed by atoms with E-state index < -0.39 is 28.7 Å². The zero-order valence-electron chi connectivity index (χ0n) is 13.9. The lowest BCUT2D eigenvalue weighted by atomic mass is 9.98. The van der Waals surface area contributed by atoms with Gasteiger partial charge >= 0.3 is 0 Å². The maximum atomic E-state index is 13.0. The number of hydrogen-bond acceptors (Lipinski definition) is 3. The van der Waals surface area contributed by atoms with Gasteiger partial charge in [0.05, 0.1) is 11.4 Å². The van der Waals surface area contributed by atoms with Crippen LogP contribution in [0.2, 0.25) is 0 Å². The third-order valence-corrected chi connectivity index (χ3v) is 8.88. The van der Waals surface area contributed by atoms with Crippen LogP contribution in [0.1, 0.15) is 12.5 Å². The molecule has 0 N–H and O–H groups in total. The number of aromatic nitrogens is 1. The Balaban J connectivity index is 2.73. The maximum Gasteiger partial charge on any atom is 0.250 e. The fourth-order valence-corrected chi connectivity index (χ4v) is 4.95. The fraction of sp³-hybridized carbons (Fsp3) is 0.400. The molecule has 3 atom stereocenters. The Morgan fingerprint density at radius 3 is 2.43 bits per heavy atom. The summed E-state index contributed by atoms with van der Waals surface area (Å²) >= 11 is 0. The number of aryl methyl sites for hydroxylation is 1. The van der Waals surface area contributed by atoms with Gasteiger partial charge < -0.3 is 4.57 Å². The van der Waals surface area contributed by atoms with Crippen molar-refractivity contribution >= 4 is 43.4 Å². The van der Waals surface area contributed by atoms with E-state index in [0.717, 1.165) is 27.0 Å². The Morgan fingerprint density at radius 2 is 1.91 bits per heavy atom. The van der Waals surface area contributed by atoms with Gasteiger partial charge in [-0.05, 0) is 25.2 Å². The lowest BCUT2D eigenvalue weighted by molar-refractivity contribution is -0.128. The zero-order valence-corrected chi connectivity index (χ0v) is 16.8. The van der Waals surface area contributed by atoms with Gasteiger partial charge in [-0.1, -0.05) is 25.8 Å². The second-order valence-electron chi connectivity index (χ2n) is 5.89. The Labute approximate surface area is 140 Å². The number of nitrogens with zero attached hydrogens (tertiary/aromatic N) is 2. The average molecular weight is 372 g/mol. The van der Waals surface area contributed by atoms with Crippen LogP contribution in [-0.2, 0) is 27.0 Å². The van der Waals surface area contributed by atoms with E-state index in [0.29, 0.717) is 0 Å². The number of carbonyl (C=O) groups excluding carboxylic acids is 1. The van der Waals surface area contributed by atoms with Crippen LogP contribution in [0.15, 0.2) is 30.5 Å². The molecule has 0 radical (unpaired) electrons. The van der Waals surface area contributed by atoms with E-state index in [2.05, 4.69) is 8.93 Å². The minimum atomic E-state index is -3.60. The van der Waals surface area contributed by atoms with Gasteiger partial charge in [0.2, 0.25) is 10.0 Å². The van der Waals surface area contributed by atoms with Crippen molar-refractivity contribution in [2.45, 2.75) is 12.1 Å². The molecule has 5 nitrogen and oxygen atoms in total. The first-order valence-corrected chi connectivity index (χ1v) is 12.3. The van der Waals surface area contributed by atoms with E-state index in [1.165, 1.54) is 7.05 Å². The molecule has 0 bridgehead atoms. The summed E-state index contributed by atoms with van der Waals surface area (Å²) < 4.78 is 26.5. The molecule has 3 unspecified atom stereocenters. The number of hydrogen-bond donors (Lipinski definition) is 0. The molecule has 8 heteroatoms. The molecule has 0 spiro atoms. The molecule has 126 valence electrons. The van der Waals surface area contributed by atoms with Crippen molar-refractivity contribution in [3.8, 4) is 0 Å². The van der Waals surface area contributed by atoms with Crippen molar-refractivity contribution in [3.63, 3.8) is 0 Å². The van der Waals surface area contributed by atoms with Gasteiger partial charge in [-0.3, -0.25) is 4.79 Å². The number of amides is 1. The molecule has 0 aliphatic rings. The molecule has 1 heterocycles. The van der Waals surface area contributed by atoms with Crippen molar-refractivity contribution in [2.24, 2.45) is 7.05 Å². The van der Waals surface area contributed by atoms with Gasteiger partial charge in [-0.2, -0.15) is 0 Å². The van der Waals surface area contributed by atoms with Gasteiger partial charge in [0.25, 0.3) is 5.91 Å². The van der Waals surface area contributed by atoms with Crippen molar-refractivity contribution in [2.75, 3.05) is 20.0 Å². The highest BCUT2D eigenvalue weighted by molar-refractivity contribution is 8.14. The summed E-state index contributed by atoms with van der Waals surface area (Å²) in [5, 5.41) is 0.0724. The van der Waals surface area contributed by atoms with Gasteiger partial charge in [-0.25, -0.2) is 12.7 Å². The molecule has 1 amide bonds. The number of fused-ring (bicyclic) bond motifs is 1. The number of sulfonamides is 1. The lowest BCUT2D eigenvalue weighted by Crippen LogP contribution is -2.44. The molecule has 2 aromatic rings. The van der Waals surface area contributed by atoms with Crippen LogP contribution < -0.4 is 0 Å². The van der Waals surface area contributed by atoms with Crippen LogP contribution in [0.5, 0.6) is 0 Å². The third kappa shape index (κ3) is 3.05. The highest BCUT2D eigenvalue weighted by atomic mass is 32.2. The van der Waals surface area contributed by atoms with E-state index in [-0.39, 0.29) is 0 Å². The third-order valence-electron chi connectivity index (χ3n) is 4.33. The first-order valence-electron chi connectivity index (χ1n) is 7.02. The predicted molar refractivity (Wildman–Crippen MR) is 100 cm³/mol. The normalized spacial score (nSPS) is 16.1. The average Bonchev–Trinajstić information content (AvgIpc) is 2.81. The summed E-state index contributed by atoms with van der Waals surface area (Å²) in [6, 6.07) is 7.84. The van der Waals surface area contributed by atoms with Crippen molar-refractivity contribution in [1.82, 2.24) is 8.87 Å². The van der Waals surface area contributed by atoms with E-state index in [4.69, 9.17) is 0 Å². The number of carbonyl (C=O) groups is 1. The zero-order chi connectivity index (χ0) is 17.6. The second kappa shape index (κ2) is 6.16. The highest BCUT2D eigenvalue weighted by Gasteiger charge is 2.44. The highest BCUT2D eigenvalue weighted by Crippen LogP contribution is 2.61. The van der Waals surface area contributed by atoms with E-state index in [1.54, 1.807) is 0 Å². The standard InChI is InChI=1S/C15H22N2O3P2S/c1-15(22(4)21,14(18)17(3)23(5,19)20)12-10-16(2)13-9-7-6-8-11(12)13/h6-10H,21H2,1-5H3. The molecule has 0 fully saturated rings. The van der Waals surface area contributed by atoms with E-state index in [1.807, 2.05) is 55.7 Å². The molecule has 2 rings (SSSR count). The van der Waals surface area contributed by atoms with Crippen LogP contribution in [0.4, 0.5) is 0 Å². The minimum Gasteiger partial charge on any atom is -0.350 e. The van der Waals surface area contributed by atoms with Crippen LogP contribution in [0.25, 0.3) is 10.9 Å². The largest absolute Gasteiger partial charge is 0.350 e. The Bertz CT molecular complexity index is 861. The first kappa shape index (κ1) is 18.4. The molecular weight excluding hydrogens is 350 g/mol. The van der Waals surface area contributed by atoms with Gasteiger partial charge in [-0.15, -0.1) is 8.93 Å². The molecule has 0 saturated heterocycles. The molecule has 23 heavy (non-hydrogen) atoms. The van der Waals surface area contributed by atoms with E-state index >= 15 is 0 Å². The smallest absolute Gasteiger partial charge is 0.250 e. The summed E-state index contributed by atoms with van der Waals surface area (Å²) in [4.78, 5) is 13.0. The van der Waals surface area contributed by atoms with Crippen molar-refractivity contribution < 1.29 is 13.2 Å².